The van der Waals surface area contributed by atoms with Gasteiger partial charge in [0, 0.05) is 18.3 Å². The number of rotatable bonds is 6. The Morgan fingerprint density at radius 3 is 2.49 bits per heavy atom. The summed E-state index contributed by atoms with van der Waals surface area (Å²) in [5, 5.41) is 32.7. The SMILES string of the molecule is CCC(=O)OOC(=O)C(CC)C1CC(=O)C=C2CC[C@@H]3[C@H]([C@@H](O)C[C@@]4(C)[C@H]3CC[C@]4(O)C(=O)CO)[C@]21C. The molecule has 3 N–H and O–H groups in total. The topological polar surface area (TPSA) is 147 Å². The van der Waals surface area contributed by atoms with Gasteiger partial charge in [0.25, 0.3) is 0 Å². The first-order valence-corrected chi connectivity index (χ1v) is 13.6. The van der Waals surface area contributed by atoms with Gasteiger partial charge in [0.1, 0.15) is 12.2 Å². The molecular weight excluding hydrogens is 480 g/mol. The van der Waals surface area contributed by atoms with Crippen LogP contribution in [0.25, 0.3) is 0 Å². The molecule has 37 heavy (non-hydrogen) atoms. The zero-order valence-electron chi connectivity index (χ0n) is 22.2. The molecule has 4 aliphatic carbocycles. The molecule has 0 aromatic rings. The largest absolute Gasteiger partial charge is 0.393 e. The van der Waals surface area contributed by atoms with Crippen molar-refractivity contribution in [1.29, 1.82) is 0 Å². The highest BCUT2D eigenvalue weighted by Crippen LogP contribution is 2.69. The zero-order chi connectivity index (χ0) is 27.3. The van der Waals surface area contributed by atoms with Gasteiger partial charge in [-0.15, -0.1) is 0 Å². The average Bonchev–Trinajstić information content (AvgIpc) is 3.13. The highest BCUT2D eigenvalue weighted by atomic mass is 17.2. The van der Waals surface area contributed by atoms with E-state index in [0.717, 1.165) is 5.57 Å². The summed E-state index contributed by atoms with van der Waals surface area (Å²) < 4.78 is 0. The molecular formula is C28H40O9. The first-order valence-electron chi connectivity index (χ1n) is 13.6. The van der Waals surface area contributed by atoms with Gasteiger partial charge in [-0.2, -0.15) is 0 Å². The highest BCUT2D eigenvalue weighted by Gasteiger charge is 2.69. The van der Waals surface area contributed by atoms with Crippen LogP contribution in [-0.2, 0) is 29.0 Å². The Morgan fingerprint density at radius 2 is 1.86 bits per heavy atom. The molecule has 4 aliphatic rings. The molecule has 0 aromatic heterocycles. The minimum absolute atomic E-state index is 0.0430. The van der Waals surface area contributed by atoms with Gasteiger partial charge in [0.05, 0.1) is 12.0 Å². The fraction of sp³-hybridized carbons (Fsp3) is 0.786. The molecule has 9 atom stereocenters. The van der Waals surface area contributed by atoms with Crippen LogP contribution in [0.2, 0.25) is 0 Å². The molecule has 0 aromatic carbocycles. The predicted molar refractivity (Wildman–Crippen MR) is 130 cm³/mol. The molecule has 0 aliphatic heterocycles. The van der Waals surface area contributed by atoms with Crippen LogP contribution >= 0.6 is 0 Å². The second kappa shape index (κ2) is 9.89. The van der Waals surface area contributed by atoms with Gasteiger partial charge < -0.3 is 15.3 Å². The van der Waals surface area contributed by atoms with Crippen LogP contribution in [-0.4, -0.2) is 57.1 Å². The lowest BCUT2D eigenvalue weighted by atomic mass is 9.42. The van der Waals surface area contributed by atoms with Crippen LogP contribution in [0, 0.1) is 40.4 Å². The Labute approximate surface area is 217 Å². The van der Waals surface area contributed by atoms with Gasteiger partial charge in [-0.3, -0.25) is 9.59 Å². The lowest BCUT2D eigenvalue weighted by molar-refractivity contribution is -0.265. The Hall–Kier alpha value is -2.10. The summed E-state index contributed by atoms with van der Waals surface area (Å²) >= 11 is 0. The maximum atomic E-state index is 13.1. The molecule has 9 heteroatoms. The molecule has 3 saturated carbocycles. The van der Waals surface area contributed by atoms with Gasteiger partial charge >= 0.3 is 11.9 Å². The van der Waals surface area contributed by atoms with Crippen LogP contribution in [0.4, 0.5) is 0 Å². The molecule has 0 heterocycles. The molecule has 2 unspecified atom stereocenters. The van der Waals surface area contributed by atoms with Crippen molar-refractivity contribution >= 4 is 23.5 Å². The van der Waals surface area contributed by atoms with E-state index in [2.05, 4.69) is 4.89 Å². The van der Waals surface area contributed by atoms with E-state index in [1.807, 2.05) is 20.8 Å². The summed E-state index contributed by atoms with van der Waals surface area (Å²) in [6.07, 6.45) is 3.63. The summed E-state index contributed by atoms with van der Waals surface area (Å²) in [5.74, 6) is -3.65. The third kappa shape index (κ3) is 4.08. The molecule has 3 fully saturated rings. The number of hydrogen-bond acceptors (Lipinski definition) is 9. The fourth-order valence-corrected chi connectivity index (χ4v) is 8.78. The minimum Gasteiger partial charge on any atom is -0.393 e. The number of ketones is 2. The first kappa shape index (κ1) is 27.9. The highest BCUT2D eigenvalue weighted by molar-refractivity contribution is 5.93. The van der Waals surface area contributed by atoms with Gasteiger partial charge in [0.2, 0.25) is 0 Å². The number of carbonyl (C=O) groups is 4. The van der Waals surface area contributed by atoms with Crippen LogP contribution in [0.15, 0.2) is 11.6 Å². The maximum absolute atomic E-state index is 13.1. The van der Waals surface area contributed by atoms with Crippen molar-refractivity contribution in [3.63, 3.8) is 0 Å². The van der Waals surface area contributed by atoms with Crippen LogP contribution in [0.5, 0.6) is 0 Å². The van der Waals surface area contributed by atoms with Crippen molar-refractivity contribution < 1.29 is 44.3 Å². The number of fused-ring (bicyclic) bond motifs is 5. The number of aliphatic hydroxyl groups is 3. The van der Waals surface area contributed by atoms with Crippen molar-refractivity contribution in [2.45, 2.75) is 90.8 Å². The summed E-state index contributed by atoms with van der Waals surface area (Å²) in [4.78, 5) is 59.7. The number of carbonyl (C=O) groups excluding carboxylic acids is 4. The molecule has 0 amide bonds. The van der Waals surface area contributed by atoms with E-state index in [9.17, 15) is 34.5 Å². The molecule has 9 nitrogen and oxygen atoms in total. The third-order valence-electron chi connectivity index (χ3n) is 10.6. The maximum Gasteiger partial charge on any atom is 0.358 e. The van der Waals surface area contributed by atoms with E-state index in [1.54, 1.807) is 13.0 Å². The van der Waals surface area contributed by atoms with Crippen LogP contribution < -0.4 is 0 Å². The molecule has 4 rings (SSSR count). The molecule has 0 spiro atoms. The smallest absolute Gasteiger partial charge is 0.358 e. The Balaban J connectivity index is 1.72. The van der Waals surface area contributed by atoms with Crippen molar-refractivity contribution in [3.8, 4) is 0 Å². The van der Waals surface area contributed by atoms with Gasteiger partial charge in [-0.05, 0) is 73.7 Å². The predicted octanol–water partition coefficient (Wildman–Crippen LogP) is 2.45. The zero-order valence-corrected chi connectivity index (χ0v) is 22.2. The summed E-state index contributed by atoms with van der Waals surface area (Å²) in [7, 11) is 0. The van der Waals surface area contributed by atoms with Crippen LogP contribution in [0.1, 0.15) is 79.1 Å². The van der Waals surface area contributed by atoms with E-state index in [0.29, 0.717) is 25.7 Å². The average molecular weight is 521 g/mol. The number of hydrogen-bond donors (Lipinski definition) is 3. The number of allylic oxidation sites excluding steroid dienone is 1. The Bertz CT molecular complexity index is 1000. The third-order valence-corrected chi connectivity index (χ3v) is 10.6. The monoisotopic (exact) mass is 520 g/mol. The van der Waals surface area contributed by atoms with E-state index in [4.69, 9.17) is 4.89 Å². The standard InChI is InChI=1S/C28H40O9/c1-5-17(25(34)37-36-23(33)6-2)20-12-16(30)11-15-7-8-18-19-9-10-28(35,22(32)14-29)26(19,3)13-21(31)24(18)27(15,20)4/h11,17-21,24,29,31,35H,5-10,12-14H2,1-4H3/t17?,18-,19-,20?,21-,24+,26-,27+,28-/m0/s1. The number of aliphatic hydroxyl groups excluding tert-OH is 2. The lowest BCUT2D eigenvalue weighted by Gasteiger charge is -2.62. The Morgan fingerprint density at radius 1 is 1.16 bits per heavy atom. The Kier molecular flexibility index (Phi) is 7.47. The van der Waals surface area contributed by atoms with E-state index in [1.165, 1.54) is 0 Å². The second-order valence-corrected chi connectivity index (χ2v) is 12.0. The fourth-order valence-electron chi connectivity index (χ4n) is 8.78. The van der Waals surface area contributed by atoms with Gasteiger partial charge in [-0.1, -0.05) is 33.3 Å². The summed E-state index contributed by atoms with van der Waals surface area (Å²) in [6, 6.07) is 0. The summed E-state index contributed by atoms with van der Waals surface area (Å²) in [5.41, 5.74) is -2.37. The van der Waals surface area contributed by atoms with Crippen molar-refractivity contribution in [2.24, 2.45) is 40.4 Å². The van der Waals surface area contributed by atoms with Gasteiger partial charge in [0.15, 0.2) is 11.6 Å². The van der Waals surface area contributed by atoms with Crippen molar-refractivity contribution in [3.05, 3.63) is 11.6 Å². The minimum atomic E-state index is -1.70. The van der Waals surface area contributed by atoms with Crippen LogP contribution in [0.3, 0.4) is 0 Å². The van der Waals surface area contributed by atoms with Crippen molar-refractivity contribution in [1.82, 2.24) is 0 Å². The molecule has 0 bridgehead atoms. The van der Waals surface area contributed by atoms with Crippen molar-refractivity contribution in [2.75, 3.05) is 6.61 Å². The van der Waals surface area contributed by atoms with E-state index in [-0.39, 0.29) is 49.2 Å². The van der Waals surface area contributed by atoms with E-state index >= 15 is 0 Å². The summed E-state index contributed by atoms with van der Waals surface area (Å²) in [6.45, 7) is 6.53. The quantitative estimate of drug-likeness (QED) is 0.355. The molecule has 0 radical (unpaired) electrons. The normalized spacial score (nSPS) is 41.5. The second-order valence-electron chi connectivity index (χ2n) is 12.0. The number of Topliss-reactive ketones (excluding diaryl/α,β-unsaturated/α-hetero) is 1. The van der Waals surface area contributed by atoms with E-state index < -0.39 is 58.7 Å². The van der Waals surface area contributed by atoms with Gasteiger partial charge in [-0.25, -0.2) is 19.4 Å². The molecule has 0 saturated heterocycles. The first-order chi connectivity index (χ1) is 17.4. The lowest BCUT2D eigenvalue weighted by Crippen LogP contribution is -2.63. The molecule has 206 valence electrons.